The van der Waals surface area contributed by atoms with Crippen molar-refractivity contribution in [1.29, 1.82) is 0 Å². The third-order valence-electron chi connectivity index (χ3n) is 3.23. The van der Waals surface area contributed by atoms with E-state index in [4.69, 9.17) is 19.7 Å². The van der Waals surface area contributed by atoms with Crippen molar-refractivity contribution in [3.63, 3.8) is 0 Å². The molecule has 1 heterocycles. The molecule has 124 valence electrons. The lowest BCUT2D eigenvalue weighted by Gasteiger charge is -2.47. The molecule has 1 rings (SSSR count). The Kier molecular flexibility index (Phi) is 6.01. The lowest BCUT2D eigenvalue weighted by atomic mass is 9.89. The summed E-state index contributed by atoms with van der Waals surface area (Å²) in [4.78, 5) is 11.0. The number of esters is 1. The van der Waals surface area contributed by atoms with Crippen molar-refractivity contribution in [2.45, 2.75) is 49.3 Å². The van der Waals surface area contributed by atoms with Gasteiger partial charge in [0.2, 0.25) is 5.79 Å². The highest BCUT2D eigenvalue weighted by atomic mass is 16.7. The zero-order chi connectivity index (χ0) is 16.4. The van der Waals surface area contributed by atoms with Crippen LogP contribution in [-0.4, -0.2) is 97.3 Å². The van der Waals surface area contributed by atoms with Crippen LogP contribution in [0.25, 0.3) is 0 Å². The topological polar surface area (TPSA) is 177 Å². The van der Waals surface area contributed by atoms with Gasteiger partial charge in [-0.05, 0) is 0 Å². The van der Waals surface area contributed by atoms with Crippen LogP contribution in [0.5, 0.6) is 0 Å². The summed E-state index contributed by atoms with van der Waals surface area (Å²) in [7, 11) is 0. The summed E-state index contributed by atoms with van der Waals surface area (Å²) in [5, 5.41) is 66.6. The molecule has 10 nitrogen and oxygen atoms in total. The molecule has 0 aromatic rings. The second-order valence-electron chi connectivity index (χ2n) is 4.84. The number of ether oxygens (including phenoxy) is 2. The fraction of sp³-hybridized carbons (Fsp3) is 0.909. The molecule has 1 saturated heterocycles. The minimum atomic E-state index is -2.63. The maximum absolute atomic E-state index is 11.0. The molecule has 0 saturated carbocycles. The molecule has 0 amide bonds. The first-order valence-corrected chi connectivity index (χ1v) is 6.19. The molecule has 21 heavy (non-hydrogen) atoms. The van der Waals surface area contributed by atoms with Gasteiger partial charge >= 0.3 is 5.97 Å². The zero-order valence-corrected chi connectivity index (χ0v) is 11.2. The van der Waals surface area contributed by atoms with Gasteiger partial charge in [-0.2, -0.15) is 0 Å². The summed E-state index contributed by atoms with van der Waals surface area (Å²) in [6, 6.07) is 0. The van der Waals surface area contributed by atoms with Gasteiger partial charge in [-0.25, -0.2) is 0 Å². The van der Waals surface area contributed by atoms with E-state index in [9.17, 15) is 30.3 Å². The average Bonchev–Trinajstić information content (AvgIpc) is 2.45. The van der Waals surface area contributed by atoms with Crippen molar-refractivity contribution >= 4 is 5.97 Å². The SMILES string of the molecule is CC(=O)OC(C(O)CO)C1O[C@@](O)(CO)[C@@H](O)[C@H](O)[C@@H]1O. The normalized spacial score (nSPS) is 39.6. The Hall–Kier alpha value is -0.850. The van der Waals surface area contributed by atoms with E-state index in [0.717, 1.165) is 6.92 Å². The van der Waals surface area contributed by atoms with Crippen LogP contribution in [-0.2, 0) is 14.3 Å². The van der Waals surface area contributed by atoms with Gasteiger partial charge in [0.15, 0.2) is 6.10 Å². The third kappa shape index (κ3) is 3.67. The van der Waals surface area contributed by atoms with E-state index in [1.807, 2.05) is 0 Å². The van der Waals surface area contributed by atoms with Gasteiger partial charge in [-0.1, -0.05) is 0 Å². The van der Waals surface area contributed by atoms with E-state index in [0.29, 0.717) is 0 Å². The molecule has 1 aliphatic rings. The van der Waals surface area contributed by atoms with Gasteiger partial charge < -0.3 is 45.2 Å². The Morgan fingerprint density at radius 1 is 1.29 bits per heavy atom. The fourth-order valence-electron chi connectivity index (χ4n) is 2.08. The van der Waals surface area contributed by atoms with Crippen molar-refractivity contribution in [1.82, 2.24) is 0 Å². The average molecular weight is 312 g/mol. The van der Waals surface area contributed by atoms with Crippen LogP contribution in [0, 0.1) is 0 Å². The summed E-state index contributed by atoms with van der Waals surface area (Å²) >= 11 is 0. The van der Waals surface area contributed by atoms with Crippen LogP contribution in [0.1, 0.15) is 6.92 Å². The highest BCUT2D eigenvalue weighted by molar-refractivity contribution is 5.66. The van der Waals surface area contributed by atoms with Gasteiger partial charge in [0, 0.05) is 6.92 Å². The number of hydrogen-bond donors (Lipinski definition) is 7. The summed E-state index contributed by atoms with van der Waals surface area (Å²) in [6.45, 7) is -0.993. The van der Waals surface area contributed by atoms with Gasteiger partial charge in [0.05, 0.1) is 13.2 Å². The van der Waals surface area contributed by atoms with Gasteiger partial charge in [-0.15, -0.1) is 0 Å². The third-order valence-corrected chi connectivity index (χ3v) is 3.23. The standard InChI is InChI=1S/C11H20O10/c1-4(14)20-8(5(15)2-12)9-6(16)7(17)10(18)11(19,3-13)21-9/h5-10,12-13,15-19H,2-3H2,1H3/t5?,6-,7+,8?,9?,10-,11-/m0/s1. The highest BCUT2D eigenvalue weighted by Gasteiger charge is 2.56. The minimum Gasteiger partial charge on any atom is -0.457 e. The van der Waals surface area contributed by atoms with E-state index >= 15 is 0 Å². The number of aliphatic hydroxyl groups excluding tert-OH is 6. The number of carbonyl (C=O) groups is 1. The number of carbonyl (C=O) groups excluding carboxylic acids is 1. The summed E-state index contributed by atoms with van der Waals surface area (Å²) in [5.74, 6) is -3.51. The molecule has 10 heteroatoms. The predicted molar refractivity (Wildman–Crippen MR) is 63.6 cm³/mol. The molecule has 0 spiro atoms. The molecule has 0 aromatic heterocycles. The second-order valence-corrected chi connectivity index (χ2v) is 4.84. The van der Waals surface area contributed by atoms with Gasteiger partial charge in [-0.3, -0.25) is 4.79 Å². The summed E-state index contributed by atoms with van der Waals surface area (Å²) in [6.07, 6.45) is -10.8. The van der Waals surface area contributed by atoms with E-state index in [1.54, 1.807) is 0 Å². The van der Waals surface area contributed by atoms with Crippen molar-refractivity contribution < 1.29 is 50.0 Å². The van der Waals surface area contributed by atoms with E-state index in [1.165, 1.54) is 0 Å². The van der Waals surface area contributed by atoms with Crippen molar-refractivity contribution in [2.24, 2.45) is 0 Å². The van der Waals surface area contributed by atoms with Gasteiger partial charge in [0.1, 0.15) is 30.5 Å². The van der Waals surface area contributed by atoms with Crippen LogP contribution in [0.15, 0.2) is 0 Å². The molecule has 1 fully saturated rings. The Bertz CT molecular complexity index is 363. The Morgan fingerprint density at radius 2 is 1.86 bits per heavy atom. The second kappa shape index (κ2) is 6.94. The molecular weight excluding hydrogens is 292 g/mol. The van der Waals surface area contributed by atoms with Gasteiger partial charge in [0.25, 0.3) is 0 Å². The zero-order valence-electron chi connectivity index (χ0n) is 11.2. The number of rotatable bonds is 5. The van der Waals surface area contributed by atoms with Crippen molar-refractivity contribution in [2.75, 3.05) is 13.2 Å². The molecule has 7 atom stereocenters. The molecule has 0 bridgehead atoms. The molecule has 0 aromatic carbocycles. The first-order chi connectivity index (χ1) is 9.67. The van der Waals surface area contributed by atoms with E-state index in [2.05, 4.69) is 0 Å². The molecule has 7 N–H and O–H groups in total. The first kappa shape index (κ1) is 18.2. The van der Waals surface area contributed by atoms with Crippen LogP contribution in [0.4, 0.5) is 0 Å². The number of aliphatic hydroxyl groups is 7. The molecule has 3 unspecified atom stereocenters. The number of hydrogen-bond acceptors (Lipinski definition) is 10. The smallest absolute Gasteiger partial charge is 0.303 e. The Morgan fingerprint density at radius 3 is 2.29 bits per heavy atom. The van der Waals surface area contributed by atoms with Crippen molar-refractivity contribution in [3.05, 3.63) is 0 Å². The Labute approximate surface area is 119 Å². The lowest BCUT2D eigenvalue weighted by Crippen LogP contribution is -2.69. The van der Waals surface area contributed by atoms with E-state index < -0.39 is 61.6 Å². The molecule has 1 aliphatic heterocycles. The van der Waals surface area contributed by atoms with E-state index in [-0.39, 0.29) is 0 Å². The predicted octanol–water partition coefficient (Wildman–Crippen LogP) is -4.57. The van der Waals surface area contributed by atoms with Crippen LogP contribution in [0.3, 0.4) is 0 Å². The summed E-state index contributed by atoms with van der Waals surface area (Å²) in [5.41, 5.74) is 0. The Balaban J connectivity index is 3.07. The molecule has 0 radical (unpaired) electrons. The minimum absolute atomic E-state index is 0.860. The van der Waals surface area contributed by atoms with Crippen LogP contribution in [0.2, 0.25) is 0 Å². The van der Waals surface area contributed by atoms with Crippen LogP contribution >= 0.6 is 0 Å². The molecular formula is C11H20O10. The van der Waals surface area contributed by atoms with Crippen molar-refractivity contribution in [3.8, 4) is 0 Å². The quantitative estimate of drug-likeness (QED) is 0.244. The largest absolute Gasteiger partial charge is 0.457 e. The fourth-order valence-corrected chi connectivity index (χ4v) is 2.08. The maximum Gasteiger partial charge on any atom is 0.303 e. The first-order valence-electron chi connectivity index (χ1n) is 6.19. The monoisotopic (exact) mass is 312 g/mol. The molecule has 0 aliphatic carbocycles. The highest BCUT2D eigenvalue weighted by Crippen LogP contribution is 2.31. The maximum atomic E-state index is 11.0. The summed E-state index contributed by atoms with van der Waals surface area (Å²) < 4.78 is 9.62. The lowest BCUT2D eigenvalue weighted by molar-refractivity contribution is -0.368. The van der Waals surface area contributed by atoms with Crippen LogP contribution < -0.4 is 0 Å².